The molecule has 6 heteroatoms. The van der Waals surface area contributed by atoms with Gasteiger partial charge in [0, 0.05) is 19.3 Å². The Morgan fingerprint density at radius 2 is 2.25 bits per heavy atom. The number of hydrogen-bond acceptors (Lipinski definition) is 4. The summed E-state index contributed by atoms with van der Waals surface area (Å²) in [6, 6.07) is 1.98. The zero-order valence-corrected chi connectivity index (χ0v) is 13.0. The summed E-state index contributed by atoms with van der Waals surface area (Å²) in [7, 11) is 1.85. The lowest BCUT2D eigenvalue weighted by Gasteiger charge is -2.16. The van der Waals surface area contributed by atoms with Crippen molar-refractivity contribution < 1.29 is 4.79 Å². The number of rotatable bonds is 6. The highest BCUT2D eigenvalue weighted by Crippen LogP contribution is 2.24. The van der Waals surface area contributed by atoms with E-state index >= 15 is 0 Å². The summed E-state index contributed by atoms with van der Waals surface area (Å²) in [6.07, 6.45) is 3.68. The van der Waals surface area contributed by atoms with Gasteiger partial charge >= 0.3 is 0 Å². The molecule has 2 heterocycles. The Labute approximate surface area is 123 Å². The third-order valence-corrected chi connectivity index (χ3v) is 4.10. The summed E-state index contributed by atoms with van der Waals surface area (Å²) < 4.78 is 0. The molecular weight excluding hydrogens is 272 g/mol. The van der Waals surface area contributed by atoms with Gasteiger partial charge in [0.05, 0.1) is 16.8 Å². The number of amides is 1. The number of aromatic nitrogens is 3. The van der Waals surface area contributed by atoms with Gasteiger partial charge in [-0.05, 0) is 19.4 Å². The molecule has 1 N–H and O–H groups in total. The Hall–Kier alpha value is -1.56. The fourth-order valence-electron chi connectivity index (χ4n) is 1.92. The van der Waals surface area contributed by atoms with E-state index in [2.05, 4.69) is 21.9 Å². The smallest absolute Gasteiger partial charge is 0.232 e. The van der Waals surface area contributed by atoms with Crippen LogP contribution in [0.4, 0.5) is 0 Å². The van der Waals surface area contributed by atoms with E-state index in [9.17, 15) is 4.79 Å². The number of fused-ring (bicyclic) bond motifs is 1. The first kappa shape index (κ1) is 14.8. The van der Waals surface area contributed by atoms with Gasteiger partial charge in [0.15, 0.2) is 0 Å². The van der Waals surface area contributed by atoms with Crippen molar-refractivity contribution in [1.29, 1.82) is 0 Å². The van der Waals surface area contributed by atoms with Crippen LogP contribution in [-0.2, 0) is 4.79 Å². The third-order valence-electron chi connectivity index (χ3n) is 3.12. The number of hydrogen-bond donors (Lipinski definition) is 1. The van der Waals surface area contributed by atoms with Crippen LogP contribution in [0.25, 0.3) is 11.0 Å². The van der Waals surface area contributed by atoms with Crippen molar-refractivity contribution in [1.82, 2.24) is 19.9 Å². The van der Waals surface area contributed by atoms with E-state index in [-0.39, 0.29) is 5.91 Å². The van der Waals surface area contributed by atoms with Crippen LogP contribution in [0.1, 0.15) is 25.5 Å². The summed E-state index contributed by atoms with van der Waals surface area (Å²) in [4.78, 5) is 25.5. The molecule has 0 bridgehead atoms. The zero-order valence-electron chi connectivity index (χ0n) is 12.1. The molecule has 0 aliphatic rings. The standard InChI is InChI=1S/C14H20N4OS/c1-4-5-6-18(3)12(19)8-20-14-13-11(15-9-16-14)7-10(2)17-13/h7,9,17H,4-6,8H2,1-3H3. The van der Waals surface area contributed by atoms with Crippen LogP contribution in [0.5, 0.6) is 0 Å². The van der Waals surface area contributed by atoms with Crippen LogP contribution in [-0.4, -0.2) is 45.1 Å². The predicted molar refractivity (Wildman–Crippen MR) is 81.9 cm³/mol. The average Bonchev–Trinajstić information content (AvgIpc) is 2.82. The molecule has 2 aromatic heterocycles. The summed E-state index contributed by atoms with van der Waals surface area (Å²) in [5, 5.41) is 0.834. The van der Waals surface area contributed by atoms with Gasteiger partial charge in [0.2, 0.25) is 5.91 Å². The summed E-state index contributed by atoms with van der Waals surface area (Å²) >= 11 is 1.46. The number of carbonyl (C=O) groups is 1. The van der Waals surface area contributed by atoms with Crippen molar-refractivity contribution in [3.05, 3.63) is 18.1 Å². The normalized spacial score (nSPS) is 10.9. The molecule has 0 aliphatic heterocycles. The van der Waals surface area contributed by atoms with Gasteiger partial charge in [-0.1, -0.05) is 25.1 Å². The molecule has 108 valence electrons. The molecule has 1 amide bonds. The van der Waals surface area contributed by atoms with Crippen LogP contribution in [0.15, 0.2) is 17.4 Å². The first-order chi connectivity index (χ1) is 9.61. The molecule has 2 aromatic rings. The van der Waals surface area contributed by atoms with Gasteiger partial charge in [-0.25, -0.2) is 9.97 Å². The molecular formula is C14H20N4OS. The summed E-state index contributed by atoms with van der Waals surface area (Å²) in [6.45, 7) is 4.93. The molecule has 0 aliphatic carbocycles. The maximum absolute atomic E-state index is 12.0. The van der Waals surface area contributed by atoms with Crippen LogP contribution >= 0.6 is 11.8 Å². The highest BCUT2D eigenvalue weighted by Gasteiger charge is 2.12. The second kappa shape index (κ2) is 6.74. The lowest BCUT2D eigenvalue weighted by atomic mass is 10.3. The third kappa shape index (κ3) is 3.50. The molecule has 0 saturated carbocycles. The van der Waals surface area contributed by atoms with Gasteiger partial charge in [-0.2, -0.15) is 0 Å². The van der Waals surface area contributed by atoms with Gasteiger partial charge in [0.1, 0.15) is 11.4 Å². The van der Waals surface area contributed by atoms with Crippen LogP contribution in [0, 0.1) is 6.92 Å². The maximum Gasteiger partial charge on any atom is 0.232 e. The number of H-pyrrole nitrogens is 1. The largest absolute Gasteiger partial charge is 0.355 e. The summed E-state index contributed by atoms with van der Waals surface area (Å²) in [5.74, 6) is 0.545. The average molecular weight is 292 g/mol. The van der Waals surface area contributed by atoms with Crippen molar-refractivity contribution in [2.45, 2.75) is 31.7 Å². The number of carbonyl (C=O) groups excluding carboxylic acids is 1. The van der Waals surface area contributed by atoms with E-state index < -0.39 is 0 Å². The monoisotopic (exact) mass is 292 g/mol. The van der Waals surface area contributed by atoms with E-state index in [1.54, 1.807) is 11.2 Å². The molecule has 0 aromatic carbocycles. The lowest BCUT2D eigenvalue weighted by molar-refractivity contribution is -0.127. The number of nitrogens with one attached hydrogen (secondary N) is 1. The molecule has 2 rings (SSSR count). The molecule has 0 unspecified atom stereocenters. The first-order valence-electron chi connectivity index (χ1n) is 6.79. The molecule has 5 nitrogen and oxygen atoms in total. The van der Waals surface area contributed by atoms with Crippen LogP contribution in [0.3, 0.4) is 0 Å². The van der Waals surface area contributed by atoms with Crippen LogP contribution < -0.4 is 0 Å². The Morgan fingerprint density at radius 1 is 1.45 bits per heavy atom. The molecule has 0 spiro atoms. The number of aromatic amines is 1. The minimum atomic E-state index is 0.137. The van der Waals surface area contributed by atoms with E-state index in [1.807, 2.05) is 20.0 Å². The minimum Gasteiger partial charge on any atom is -0.355 e. The quantitative estimate of drug-likeness (QED) is 0.656. The molecule has 20 heavy (non-hydrogen) atoms. The van der Waals surface area contributed by atoms with E-state index in [0.717, 1.165) is 41.1 Å². The maximum atomic E-state index is 12.0. The number of thioether (sulfide) groups is 1. The molecule has 0 saturated heterocycles. The van der Waals surface area contributed by atoms with Crippen molar-refractivity contribution in [3.8, 4) is 0 Å². The fraction of sp³-hybridized carbons (Fsp3) is 0.500. The number of nitrogens with zero attached hydrogens (tertiary/aromatic N) is 3. The van der Waals surface area contributed by atoms with E-state index in [1.165, 1.54) is 11.8 Å². The topological polar surface area (TPSA) is 61.9 Å². The number of aryl methyl sites for hydroxylation is 1. The zero-order chi connectivity index (χ0) is 14.5. The molecule has 0 fully saturated rings. The van der Waals surface area contributed by atoms with Gasteiger partial charge in [0.25, 0.3) is 0 Å². The second-order valence-electron chi connectivity index (χ2n) is 4.85. The highest BCUT2D eigenvalue weighted by molar-refractivity contribution is 8.00. The van der Waals surface area contributed by atoms with Crippen molar-refractivity contribution in [2.24, 2.45) is 0 Å². The van der Waals surface area contributed by atoms with Crippen LogP contribution in [0.2, 0.25) is 0 Å². The molecule has 0 radical (unpaired) electrons. The van der Waals surface area contributed by atoms with Crippen molar-refractivity contribution in [2.75, 3.05) is 19.3 Å². The summed E-state index contributed by atoms with van der Waals surface area (Å²) in [5.41, 5.74) is 2.86. The Kier molecular flexibility index (Phi) is 5.00. The predicted octanol–water partition coefficient (Wildman–Crippen LogP) is 2.62. The van der Waals surface area contributed by atoms with Gasteiger partial charge in [-0.3, -0.25) is 4.79 Å². The number of unbranched alkanes of at least 4 members (excludes halogenated alkanes) is 1. The van der Waals surface area contributed by atoms with E-state index in [4.69, 9.17) is 0 Å². The Balaban J connectivity index is 2.00. The minimum absolute atomic E-state index is 0.137. The van der Waals surface area contributed by atoms with Crippen molar-refractivity contribution >= 4 is 28.7 Å². The Bertz CT molecular complexity index is 596. The fourth-order valence-corrected chi connectivity index (χ4v) is 2.82. The van der Waals surface area contributed by atoms with Crippen molar-refractivity contribution in [3.63, 3.8) is 0 Å². The Morgan fingerprint density at radius 3 is 3.00 bits per heavy atom. The van der Waals surface area contributed by atoms with Gasteiger partial charge < -0.3 is 9.88 Å². The SMILES string of the molecule is CCCCN(C)C(=O)CSc1ncnc2cc(C)[nH]c12. The second-order valence-corrected chi connectivity index (χ2v) is 5.81. The molecule has 0 atom stereocenters. The van der Waals surface area contributed by atoms with Gasteiger partial charge in [-0.15, -0.1) is 0 Å². The lowest BCUT2D eigenvalue weighted by Crippen LogP contribution is -2.29. The highest BCUT2D eigenvalue weighted by atomic mass is 32.2. The van der Waals surface area contributed by atoms with E-state index in [0.29, 0.717) is 5.75 Å². The first-order valence-corrected chi connectivity index (χ1v) is 7.77.